The molecular formula is C19H28O3. The van der Waals surface area contributed by atoms with Gasteiger partial charge in [-0.2, -0.15) is 0 Å². The number of hydrogen-bond acceptors (Lipinski definition) is 3. The lowest BCUT2D eigenvalue weighted by Gasteiger charge is -2.58. The number of fused-ring (bicyclic) bond motifs is 5. The Morgan fingerprint density at radius 2 is 1.82 bits per heavy atom. The van der Waals surface area contributed by atoms with Crippen LogP contribution in [-0.2, 0) is 4.79 Å². The van der Waals surface area contributed by atoms with Crippen LogP contribution in [0.5, 0.6) is 0 Å². The Morgan fingerprint density at radius 1 is 1.05 bits per heavy atom. The summed E-state index contributed by atoms with van der Waals surface area (Å²) in [6.45, 7) is 4.47. The molecule has 0 aromatic heterocycles. The Bertz CT molecular complexity index is 539. The standard InChI is InChI=1S/C19H28O3/c1-18-8-7-15-13(14(18)5-6-16(18)21)4-3-11-9-12(20)10-17(22)19(11,15)2/h9,13-17,21-22H,3-8,10H2,1-2H3/t13-,14-,15-,16-,17+,18-,19-/m0/s1. The van der Waals surface area contributed by atoms with Gasteiger partial charge in [-0.15, -0.1) is 0 Å². The molecule has 4 rings (SSSR count). The molecule has 3 nitrogen and oxygen atoms in total. The van der Waals surface area contributed by atoms with Crippen molar-refractivity contribution in [2.75, 3.05) is 0 Å². The maximum Gasteiger partial charge on any atom is 0.158 e. The summed E-state index contributed by atoms with van der Waals surface area (Å²) in [5.74, 6) is 1.75. The molecule has 0 radical (unpaired) electrons. The van der Waals surface area contributed by atoms with Crippen molar-refractivity contribution in [3.63, 3.8) is 0 Å². The van der Waals surface area contributed by atoms with Crippen LogP contribution in [0.15, 0.2) is 11.6 Å². The molecule has 0 unspecified atom stereocenters. The van der Waals surface area contributed by atoms with Gasteiger partial charge in [-0.25, -0.2) is 0 Å². The van der Waals surface area contributed by atoms with Gasteiger partial charge in [0.1, 0.15) is 0 Å². The van der Waals surface area contributed by atoms with Crippen LogP contribution in [0, 0.1) is 28.6 Å². The average Bonchev–Trinajstić information content (AvgIpc) is 2.77. The predicted octanol–water partition coefficient (Wildman–Crippen LogP) is 2.85. The average molecular weight is 304 g/mol. The Balaban J connectivity index is 1.72. The van der Waals surface area contributed by atoms with Gasteiger partial charge in [0.25, 0.3) is 0 Å². The van der Waals surface area contributed by atoms with Gasteiger partial charge >= 0.3 is 0 Å². The normalized spacial score (nSPS) is 54.3. The fourth-order valence-electron chi connectivity index (χ4n) is 6.58. The maximum absolute atomic E-state index is 11.8. The van der Waals surface area contributed by atoms with Crippen molar-refractivity contribution < 1.29 is 15.0 Å². The molecular weight excluding hydrogens is 276 g/mol. The topological polar surface area (TPSA) is 57.5 Å². The first-order valence-electron chi connectivity index (χ1n) is 8.97. The van der Waals surface area contributed by atoms with Gasteiger partial charge in [-0.05, 0) is 67.8 Å². The van der Waals surface area contributed by atoms with Crippen molar-refractivity contribution in [2.24, 2.45) is 28.6 Å². The van der Waals surface area contributed by atoms with E-state index in [2.05, 4.69) is 13.8 Å². The quantitative estimate of drug-likeness (QED) is 0.723. The second-order valence-corrected chi connectivity index (χ2v) is 8.69. The van der Waals surface area contributed by atoms with Crippen molar-refractivity contribution in [3.8, 4) is 0 Å². The zero-order valence-corrected chi connectivity index (χ0v) is 13.7. The smallest absolute Gasteiger partial charge is 0.158 e. The molecule has 3 fully saturated rings. The van der Waals surface area contributed by atoms with Crippen LogP contribution in [0.3, 0.4) is 0 Å². The fraction of sp³-hybridized carbons (Fsp3) is 0.842. The summed E-state index contributed by atoms with van der Waals surface area (Å²) in [6, 6.07) is 0. The van der Waals surface area contributed by atoms with Crippen LogP contribution in [-0.4, -0.2) is 28.2 Å². The van der Waals surface area contributed by atoms with E-state index < -0.39 is 6.10 Å². The number of aliphatic hydroxyl groups is 2. The Labute approximate surface area is 132 Å². The number of aliphatic hydroxyl groups excluding tert-OH is 2. The SMILES string of the molecule is C[C@]12CC[C@H]3[C@@H](CCC4=CC(=O)C[C@@H](O)[C@@]43C)[C@@H]1CC[C@@H]2O. The second-order valence-electron chi connectivity index (χ2n) is 8.69. The third-order valence-electron chi connectivity index (χ3n) is 8.02. The molecule has 0 amide bonds. The first-order valence-corrected chi connectivity index (χ1v) is 8.97. The van der Waals surface area contributed by atoms with Crippen molar-refractivity contribution in [1.29, 1.82) is 0 Å². The molecule has 0 heterocycles. The lowest BCUT2D eigenvalue weighted by Crippen LogP contribution is -2.55. The van der Waals surface area contributed by atoms with E-state index in [9.17, 15) is 15.0 Å². The molecule has 3 heteroatoms. The molecule has 0 aromatic carbocycles. The first-order chi connectivity index (χ1) is 10.4. The highest BCUT2D eigenvalue weighted by atomic mass is 16.3. The first kappa shape index (κ1) is 14.9. The van der Waals surface area contributed by atoms with Crippen LogP contribution in [0.2, 0.25) is 0 Å². The van der Waals surface area contributed by atoms with Gasteiger partial charge in [0.15, 0.2) is 5.78 Å². The fourth-order valence-corrected chi connectivity index (χ4v) is 6.58. The summed E-state index contributed by atoms with van der Waals surface area (Å²) >= 11 is 0. The van der Waals surface area contributed by atoms with Crippen molar-refractivity contribution in [1.82, 2.24) is 0 Å². The molecule has 4 aliphatic rings. The molecule has 0 spiro atoms. The summed E-state index contributed by atoms with van der Waals surface area (Å²) in [7, 11) is 0. The minimum Gasteiger partial charge on any atom is -0.393 e. The minimum absolute atomic E-state index is 0.0776. The number of rotatable bonds is 0. The van der Waals surface area contributed by atoms with E-state index in [0.29, 0.717) is 17.8 Å². The molecule has 122 valence electrons. The highest BCUT2D eigenvalue weighted by molar-refractivity contribution is 5.92. The molecule has 7 atom stereocenters. The summed E-state index contributed by atoms with van der Waals surface area (Å²) in [5, 5.41) is 21.2. The van der Waals surface area contributed by atoms with Crippen LogP contribution in [0.25, 0.3) is 0 Å². The van der Waals surface area contributed by atoms with Crippen molar-refractivity contribution in [3.05, 3.63) is 11.6 Å². The maximum atomic E-state index is 11.8. The Morgan fingerprint density at radius 3 is 2.59 bits per heavy atom. The van der Waals surface area contributed by atoms with E-state index in [1.54, 1.807) is 0 Å². The van der Waals surface area contributed by atoms with Gasteiger partial charge < -0.3 is 10.2 Å². The zero-order chi connectivity index (χ0) is 15.7. The lowest BCUT2D eigenvalue weighted by molar-refractivity contribution is -0.129. The van der Waals surface area contributed by atoms with Gasteiger partial charge in [-0.3, -0.25) is 4.79 Å². The molecule has 2 N–H and O–H groups in total. The summed E-state index contributed by atoms with van der Waals surface area (Å²) in [6.07, 6.45) is 7.71. The van der Waals surface area contributed by atoms with E-state index >= 15 is 0 Å². The minimum atomic E-state index is -0.525. The molecule has 4 aliphatic carbocycles. The number of hydrogen-bond donors (Lipinski definition) is 2. The predicted molar refractivity (Wildman–Crippen MR) is 84.1 cm³/mol. The third kappa shape index (κ3) is 1.73. The van der Waals surface area contributed by atoms with Crippen molar-refractivity contribution >= 4 is 5.78 Å². The van der Waals surface area contributed by atoms with Gasteiger partial charge in [0.2, 0.25) is 0 Å². The highest BCUT2D eigenvalue weighted by Gasteiger charge is 2.60. The van der Waals surface area contributed by atoms with Crippen molar-refractivity contribution in [2.45, 2.75) is 71.0 Å². The molecule has 0 aromatic rings. The van der Waals surface area contributed by atoms with Gasteiger partial charge in [-0.1, -0.05) is 19.4 Å². The number of carbonyl (C=O) groups excluding carboxylic acids is 1. The van der Waals surface area contributed by atoms with Crippen LogP contribution < -0.4 is 0 Å². The third-order valence-corrected chi connectivity index (χ3v) is 8.02. The number of ketones is 1. The summed E-state index contributed by atoms with van der Waals surface area (Å²) in [5.41, 5.74) is 1.06. The Hall–Kier alpha value is -0.670. The van der Waals surface area contributed by atoms with E-state index in [0.717, 1.165) is 38.5 Å². The second kappa shape index (κ2) is 4.67. The van der Waals surface area contributed by atoms with Crippen LogP contribution >= 0.6 is 0 Å². The van der Waals surface area contributed by atoms with Crippen LogP contribution in [0.4, 0.5) is 0 Å². The monoisotopic (exact) mass is 304 g/mol. The van der Waals surface area contributed by atoms with Gasteiger partial charge in [0, 0.05) is 11.8 Å². The summed E-state index contributed by atoms with van der Waals surface area (Å²) < 4.78 is 0. The molecule has 0 aliphatic heterocycles. The van der Waals surface area contributed by atoms with E-state index in [1.807, 2.05) is 6.08 Å². The molecule has 0 bridgehead atoms. The number of carbonyl (C=O) groups is 1. The lowest BCUT2D eigenvalue weighted by atomic mass is 9.47. The van der Waals surface area contributed by atoms with E-state index in [1.165, 1.54) is 5.57 Å². The van der Waals surface area contributed by atoms with Crippen LogP contribution in [0.1, 0.15) is 58.8 Å². The Kier molecular flexibility index (Phi) is 3.16. The molecule has 0 saturated heterocycles. The zero-order valence-electron chi connectivity index (χ0n) is 13.7. The van der Waals surface area contributed by atoms with E-state index in [4.69, 9.17) is 0 Å². The summed E-state index contributed by atoms with van der Waals surface area (Å²) in [4.78, 5) is 11.8. The van der Waals surface area contributed by atoms with Gasteiger partial charge in [0.05, 0.1) is 12.2 Å². The van der Waals surface area contributed by atoms with E-state index in [-0.39, 0.29) is 29.1 Å². The molecule has 3 saturated carbocycles. The highest BCUT2D eigenvalue weighted by Crippen LogP contribution is 2.65. The molecule has 22 heavy (non-hydrogen) atoms. The largest absolute Gasteiger partial charge is 0.393 e.